The molecule has 1 atom stereocenters. The third-order valence-corrected chi connectivity index (χ3v) is 8.57. The van der Waals surface area contributed by atoms with E-state index in [4.69, 9.17) is 23.2 Å². The fourth-order valence-electron chi connectivity index (χ4n) is 4.59. The maximum Gasteiger partial charge on any atom is 0.416 e. The number of sulfonamides is 1. The Morgan fingerprint density at radius 1 is 0.977 bits per heavy atom. The first-order valence-electron chi connectivity index (χ1n) is 13.9. The Balaban J connectivity index is 1.91. The van der Waals surface area contributed by atoms with Gasteiger partial charge in [0, 0.05) is 42.5 Å². The van der Waals surface area contributed by atoms with E-state index in [9.17, 15) is 31.2 Å². The molecular weight excluding hydrogens is 638 g/mol. The monoisotopic (exact) mass is 671 g/mol. The van der Waals surface area contributed by atoms with E-state index in [1.54, 1.807) is 12.1 Å². The summed E-state index contributed by atoms with van der Waals surface area (Å²) < 4.78 is 65.9. The molecule has 0 aliphatic carbocycles. The molecular formula is C31H34Cl2F3N3O4S. The number of nitrogens with one attached hydrogen (secondary N) is 1. The van der Waals surface area contributed by atoms with Gasteiger partial charge in [-0.15, -0.1) is 0 Å². The van der Waals surface area contributed by atoms with E-state index in [1.807, 2.05) is 37.3 Å². The van der Waals surface area contributed by atoms with Crippen LogP contribution in [0.15, 0.2) is 72.8 Å². The van der Waals surface area contributed by atoms with Crippen molar-refractivity contribution >= 4 is 50.7 Å². The summed E-state index contributed by atoms with van der Waals surface area (Å²) in [4.78, 5) is 28.7. The maximum absolute atomic E-state index is 13.8. The molecule has 0 aromatic heterocycles. The van der Waals surface area contributed by atoms with Crippen LogP contribution >= 0.6 is 23.2 Å². The fourth-order valence-corrected chi connectivity index (χ4v) is 6.02. The quantitative estimate of drug-likeness (QED) is 0.206. The van der Waals surface area contributed by atoms with Gasteiger partial charge in [0.1, 0.15) is 6.04 Å². The minimum Gasteiger partial charge on any atom is -0.354 e. The van der Waals surface area contributed by atoms with Gasteiger partial charge in [-0.2, -0.15) is 13.2 Å². The van der Waals surface area contributed by atoms with Gasteiger partial charge in [0.15, 0.2) is 0 Å². The average molecular weight is 673 g/mol. The zero-order valence-electron chi connectivity index (χ0n) is 24.3. The van der Waals surface area contributed by atoms with E-state index in [1.165, 1.54) is 17.0 Å². The first-order chi connectivity index (χ1) is 20.7. The summed E-state index contributed by atoms with van der Waals surface area (Å²) in [6.45, 7) is 2.01. The Kier molecular flexibility index (Phi) is 12.5. The molecule has 0 aliphatic rings. The molecule has 0 spiro atoms. The van der Waals surface area contributed by atoms with Crippen molar-refractivity contribution < 1.29 is 31.2 Å². The van der Waals surface area contributed by atoms with Crippen LogP contribution in [0.2, 0.25) is 10.0 Å². The van der Waals surface area contributed by atoms with E-state index in [0.29, 0.717) is 28.6 Å². The third-order valence-electron chi connectivity index (χ3n) is 6.79. The van der Waals surface area contributed by atoms with Crippen molar-refractivity contribution in [2.45, 2.75) is 51.4 Å². The summed E-state index contributed by atoms with van der Waals surface area (Å²) in [5.74, 6) is -0.822. The van der Waals surface area contributed by atoms with Crippen LogP contribution in [0.3, 0.4) is 0 Å². The molecule has 1 unspecified atom stereocenters. The average Bonchev–Trinajstić information content (AvgIpc) is 2.96. The van der Waals surface area contributed by atoms with Crippen LogP contribution in [0, 0.1) is 0 Å². The smallest absolute Gasteiger partial charge is 0.354 e. The number of rotatable bonds is 14. The van der Waals surface area contributed by atoms with E-state index in [2.05, 4.69) is 5.32 Å². The molecule has 3 rings (SSSR count). The second-order valence-electron chi connectivity index (χ2n) is 10.2. The van der Waals surface area contributed by atoms with Gasteiger partial charge in [-0.1, -0.05) is 72.6 Å². The van der Waals surface area contributed by atoms with Crippen LogP contribution in [0.25, 0.3) is 0 Å². The zero-order chi connectivity index (χ0) is 32.5. The van der Waals surface area contributed by atoms with Gasteiger partial charge < -0.3 is 10.2 Å². The number of alkyl halides is 3. The molecule has 0 bridgehead atoms. The Morgan fingerprint density at radius 3 is 2.30 bits per heavy atom. The summed E-state index contributed by atoms with van der Waals surface area (Å²) in [6, 6.07) is 17.1. The molecule has 0 saturated carbocycles. The van der Waals surface area contributed by atoms with E-state index in [0.717, 1.165) is 34.3 Å². The zero-order valence-corrected chi connectivity index (χ0v) is 26.6. The van der Waals surface area contributed by atoms with Crippen molar-refractivity contribution in [3.8, 4) is 0 Å². The number of anilines is 1. The summed E-state index contributed by atoms with van der Waals surface area (Å²) in [6.07, 6.45) is -3.11. The van der Waals surface area contributed by atoms with Crippen molar-refractivity contribution in [2.75, 3.05) is 23.7 Å². The largest absolute Gasteiger partial charge is 0.416 e. The Morgan fingerprint density at radius 2 is 1.68 bits per heavy atom. The van der Waals surface area contributed by atoms with Crippen molar-refractivity contribution in [3.05, 3.63) is 99.5 Å². The van der Waals surface area contributed by atoms with Crippen molar-refractivity contribution in [1.82, 2.24) is 10.2 Å². The predicted octanol–water partition coefficient (Wildman–Crippen LogP) is 6.72. The second-order valence-corrected chi connectivity index (χ2v) is 13.0. The predicted molar refractivity (Wildman–Crippen MR) is 167 cm³/mol. The number of hydrogen-bond acceptors (Lipinski definition) is 4. The van der Waals surface area contributed by atoms with E-state index in [-0.39, 0.29) is 43.9 Å². The minimum absolute atomic E-state index is 0.0262. The lowest BCUT2D eigenvalue weighted by atomic mass is 10.0. The molecule has 1 N–H and O–H groups in total. The van der Waals surface area contributed by atoms with Crippen molar-refractivity contribution in [2.24, 2.45) is 0 Å². The fraction of sp³-hybridized carbons (Fsp3) is 0.355. The standard InChI is InChI=1S/C31H34Cl2F3N3O4S/c1-3-16-37-30(41)28(18-22-9-5-4-6-10-22)38(21-23-14-15-25(32)20-27(23)33)29(40)13-8-17-39(44(2,42)43)26-12-7-11-24(19-26)31(34,35)36/h4-7,9-12,14-15,19-20,28H,3,8,13,16-18,21H2,1-2H3,(H,37,41). The van der Waals surface area contributed by atoms with Gasteiger partial charge in [-0.3, -0.25) is 13.9 Å². The lowest BCUT2D eigenvalue weighted by molar-refractivity contribution is -0.141. The lowest BCUT2D eigenvalue weighted by Gasteiger charge is -2.32. The normalized spacial score (nSPS) is 12.4. The van der Waals surface area contributed by atoms with Crippen LogP contribution < -0.4 is 9.62 Å². The highest BCUT2D eigenvalue weighted by Gasteiger charge is 2.33. The van der Waals surface area contributed by atoms with Gasteiger partial charge in [0.05, 0.1) is 17.5 Å². The molecule has 238 valence electrons. The van der Waals surface area contributed by atoms with Gasteiger partial charge in [0.25, 0.3) is 0 Å². The summed E-state index contributed by atoms with van der Waals surface area (Å²) in [5, 5.41) is 3.56. The molecule has 0 aliphatic heterocycles. The van der Waals surface area contributed by atoms with Gasteiger partial charge in [-0.25, -0.2) is 8.42 Å². The van der Waals surface area contributed by atoms with Crippen LogP contribution in [0.5, 0.6) is 0 Å². The molecule has 13 heteroatoms. The van der Waals surface area contributed by atoms with Crippen LogP contribution in [-0.4, -0.2) is 50.5 Å². The Hall–Kier alpha value is -3.28. The first-order valence-corrected chi connectivity index (χ1v) is 16.5. The summed E-state index contributed by atoms with van der Waals surface area (Å²) in [7, 11) is -3.99. The number of carbonyl (C=O) groups is 2. The SMILES string of the molecule is CCCNC(=O)C(Cc1ccccc1)N(Cc1ccc(Cl)cc1Cl)C(=O)CCCN(c1cccc(C(F)(F)F)c1)S(C)(=O)=O. The summed E-state index contributed by atoms with van der Waals surface area (Å²) >= 11 is 12.5. The molecule has 0 heterocycles. The van der Waals surface area contributed by atoms with Gasteiger partial charge >= 0.3 is 6.18 Å². The molecule has 7 nitrogen and oxygen atoms in total. The van der Waals surface area contributed by atoms with E-state index >= 15 is 0 Å². The molecule has 0 fully saturated rings. The Bertz CT molecular complexity index is 1540. The number of halogens is 5. The Labute approximate surface area is 266 Å². The summed E-state index contributed by atoms with van der Waals surface area (Å²) in [5.41, 5.74) is 0.206. The highest BCUT2D eigenvalue weighted by Crippen LogP contribution is 2.32. The molecule has 44 heavy (non-hydrogen) atoms. The lowest BCUT2D eigenvalue weighted by Crippen LogP contribution is -2.50. The van der Waals surface area contributed by atoms with Crippen LogP contribution in [-0.2, 0) is 38.8 Å². The molecule has 0 saturated heterocycles. The third kappa shape index (κ3) is 10.1. The van der Waals surface area contributed by atoms with Crippen molar-refractivity contribution in [3.63, 3.8) is 0 Å². The number of nitrogens with zero attached hydrogens (tertiary/aromatic N) is 2. The molecule has 0 radical (unpaired) electrons. The highest BCUT2D eigenvalue weighted by atomic mass is 35.5. The first kappa shape index (κ1) is 35.2. The topological polar surface area (TPSA) is 86.8 Å². The van der Waals surface area contributed by atoms with Crippen LogP contribution in [0.4, 0.5) is 18.9 Å². The molecule has 3 aromatic carbocycles. The minimum atomic E-state index is -4.66. The number of benzene rings is 3. The molecule has 2 amide bonds. The van der Waals surface area contributed by atoms with Crippen molar-refractivity contribution in [1.29, 1.82) is 0 Å². The number of amides is 2. The van der Waals surface area contributed by atoms with Gasteiger partial charge in [0.2, 0.25) is 21.8 Å². The maximum atomic E-state index is 13.8. The van der Waals surface area contributed by atoms with E-state index < -0.39 is 33.7 Å². The molecule has 3 aromatic rings. The van der Waals surface area contributed by atoms with Gasteiger partial charge in [-0.05, 0) is 54.3 Å². The highest BCUT2D eigenvalue weighted by molar-refractivity contribution is 7.92. The number of hydrogen-bond donors (Lipinski definition) is 1. The number of carbonyl (C=O) groups excluding carboxylic acids is 2. The van der Waals surface area contributed by atoms with Crippen LogP contribution in [0.1, 0.15) is 42.9 Å². The second kappa shape index (κ2) is 15.6.